The summed E-state index contributed by atoms with van der Waals surface area (Å²) in [6.07, 6.45) is 0.796. The van der Waals surface area contributed by atoms with Crippen molar-refractivity contribution in [2.24, 2.45) is 5.41 Å². The first kappa shape index (κ1) is 16.3. The highest BCUT2D eigenvalue weighted by Crippen LogP contribution is 2.26. The van der Waals surface area contributed by atoms with E-state index in [4.69, 9.17) is 4.74 Å². The Kier molecular flexibility index (Phi) is 4.74. The van der Waals surface area contributed by atoms with E-state index >= 15 is 0 Å². The van der Waals surface area contributed by atoms with Gasteiger partial charge in [0, 0.05) is 31.1 Å². The lowest BCUT2D eigenvalue weighted by Crippen LogP contribution is -2.38. The second-order valence-electron chi connectivity index (χ2n) is 6.91. The van der Waals surface area contributed by atoms with E-state index < -0.39 is 0 Å². The second kappa shape index (κ2) is 6.38. The van der Waals surface area contributed by atoms with E-state index in [0.717, 1.165) is 5.69 Å². The molecule has 1 heterocycles. The van der Waals surface area contributed by atoms with Crippen LogP contribution in [0.1, 0.15) is 33.6 Å². The third-order valence-corrected chi connectivity index (χ3v) is 3.55. The molecule has 0 saturated carbocycles. The van der Waals surface area contributed by atoms with Crippen LogP contribution in [0, 0.1) is 5.41 Å². The largest absolute Gasteiger partial charge is 0.497 e. The highest BCUT2D eigenvalue weighted by molar-refractivity contribution is 5.97. The Hall–Kier alpha value is -2.04. The van der Waals surface area contributed by atoms with Gasteiger partial charge in [0.2, 0.25) is 11.8 Å². The predicted molar refractivity (Wildman–Crippen MR) is 86.0 cm³/mol. The minimum atomic E-state index is -0.131. The van der Waals surface area contributed by atoms with Crippen molar-refractivity contribution < 1.29 is 14.3 Å². The van der Waals surface area contributed by atoms with E-state index in [0.29, 0.717) is 25.1 Å². The summed E-state index contributed by atoms with van der Waals surface area (Å²) in [7, 11) is 1.60. The van der Waals surface area contributed by atoms with Crippen LogP contribution < -0.4 is 15.0 Å². The molecule has 0 aliphatic carbocycles. The number of hydrogen-bond acceptors (Lipinski definition) is 3. The minimum absolute atomic E-state index is 0.00204. The van der Waals surface area contributed by atoms with Gasteiger partial charge in [0.05, 0.1) is 13.2 Å². The second-order valence-corrected chi connectivity index (χ2v) is 6.91. The van der Waals surface area contributed by atoms with Gasteiger partial charge in [0.15, 0.2) is 0 Å². The van der Waals surface area contributed by atoms with Gasteiger partial charge >= 0.3 is 0 Å². The van der Waals surface area contributed by atoms with Crippen molar-refractivity contribution in [2.45, 2.75) is 39.7 Å². The molecule has 1 atom stereocenters. The number of nitrogens with one attached hydrogen (secondary N) is 1. The van der Waals surface area contributed by atoms with E-state index in [-0.39, 0.29) is 23.3 Å². The molecule has 1 aliphatic rings. The molecule has 0 aromatic heterocycles. The van der Waals surface area contributed by atoms with Gasteiger partial charge in [-0.1, -0.05) is 26.8 Å². The average Bonchev–Trinajstić information content (AvgIpc) is 2.77. The molecule has 1 saturated heterocycles. The first-order valence-corrected chi connectivity index (χ1v) is 7.52. The van der Waals surface area contributed by atoms with Crippen molar-refractivity contribution in [3.63, 3.8) is 0 Å². The first-order valence-electron chi connectivity index (χ1n) is 7.52. The molecule has 1 aromatic rings. The van der Waals surface area contributed by atoms with Crippen LogP contribution >= 0.6 is 0 Å². The summed E-state index contributed by atoms with van der Waals surface area (Å²) in [6.45, 7) is 6.57. The summed E-state index contributed by atoms with van der Waals surface area (Å²) in [5, 5.41) is 2.96. The lowest BCUT2D eigenvalue weighted by Gasteiger charge is -2.20. The maximum Gasteiger partial charge on any atom is 0.229 e. The SMILES string of the molecule is COc1cccc(N2C[C@@H](NC(=O)CC(C)(C)C)CC2=O)c1. The van der Waals surface area contributed by atoms with Crippen molar-refractivity contribution in [2.75, 3.05) is 18.6 Å². The number of carbonyl (C=O) groups is 2. The van der Waals surface area contributed by atoms with E-state index in [2.05, 4.69) is 5.32 Å². The quantitative estimate of drug-likeness (QED) is 0.929. The lowest BCUT2D eigenvalue weighted by molar-refractivity contribution is -0.123. The molecule has 22 heavy (non-hydrogen) atoms. The molecule has 0 unspecified atom stereocenters. The topological polar surface area (TPSA) is 58.6 Å². The Bertz CT molecular complexity index is 563. The van der Waals surface area contributed by atoms with Crippen LogP contribution in [0.3, 0.4) is 0 Å². The number of nitrogens with zero attached hydrogens (tertiary/aromatic N) is 1. The van der Waals surface area contributed by atoms with Gasteiger partial charge in [0.1, 0.15) is 5.75 Å². The number of benzene rings is 1. The fourth-order valence-electron chi connectivity index (χ4n) is 2.59. The van der Waals surface area contributed by atoms with Crippen LogP contribution in [-0.4, -0.2) is 31.5 Å². The standard InChI is InChI=1S/C17H24N2O3/c1-17(2,3)10-15(20)18-12-8-16(21)19(11-12)13-6-5-7-14(9-13)22-4/h5-7,9,12H,8,10-11H2,1-4H3,(H,18,20)/t12-/m0/s1. The van der Waals surface area contributed by atoms with E-state index in [9.17, 15) is 9.59 Å². The summed E-state index contributed by atoms with van der Waals surface area (Å²) < 4.78 is 5.19. The van der Waals surface area contributed by atoms with Gasteiger partial charge in [-0.3, -0.25) is 9.59 Å². The fourth-order valence-corrected chi connectivity index (χ4v) is 2.59. The molecule has 2 amide bonds. The van der Waals surface area contributed by atoms with Crippen LogP contribution in [0.25, 0.3) is 0 Å². The Labute approximate surface area is 131 Å². The molecule has 1 aliphatic heterocycles. The van der Waals surface area contributed by atoms with Crippen molar-refractivity contribution >= 4 is 17.5 Å². The van der Waals surface area contributed by atoms with Gasteiger partial charge in [-0.25, -0.2) is 0 Å². The molecule has 1 aromatic carbocycles. The summed E-state index contributed by atoms with van der Waals surface area (Å²) in [6, 6.07) is 7.27. The zero-order valence-corrected chi connectivity index (χ0v) is 13.7. The molecule has 5 nitrogen and oxygen atoms in total. The van der Waals surface area contributed by atoms with Crippen LogP contribution in [0.15, 0.2) is 24.3 Å². The maximum atomic E-state index is 12.2. The molecule has 1 fully saturated rings. The number of hydrogen-bond donors (Lipinski definition) is 1. The lowest BCUT2D eigenvalue weighted by atomic mass is 9.92. The summed E-state index contributed by atoms with van der Waals surface area (Å²) in [5.74, 6) is 0.734. The molecular weight excluding hydrogens is 280 g/mol. The number of methoxy groups -OCH3 is 1. The van der Waals surface area contributed by atoms with Crippen LogP contribution in [-0.2, 0) is 9.59 Å². The molecule has 1 N–H and O–H groups in total. The van der Waals surface area contributed by atoms with E-state index in [1.165, 1.54) is 0 Å². The van der Waals surface area contributed by atoms with Crippen LogP contribution in [0.4, 0.5) is 5.69 Å². The summed E-state index contributed by atoms with van der Waals surface area (Å²) in [5.41, 5.74) is 0.746. The zero-order valence-electron chi connectivity index (χ0n) is 13.7. The van der Waals surface area contributed by atoms with Crippen molar-refractivity contribution in [3.05, 3.63) is 24.3 Å². The van der Waals surface area contributed by atoms with Gasteiger partial charge < -0.3 is 15.0 Å². The van der Waals surface area contributed by atoms with Gasteiger partial charge in [-0.15, -0.1) is 0 Å². The number of carbonyl (C=O) groups excluding carboxylic acids is 2. The number of anilines is 1. The number of ether oxygens (including phenoxy) is 1. The summed E-state index contributed by atoms with van der Waals surface area (Å²) >= 11 is 0. The normalized spacial score (nSPS) is 18.5. The molecule has 120 valence electrons. The summed E-state index contributed by atoms with van der Waals surface area (Å²) in [4.78, 5) is 25.9. The first-order chi connectivity index (χ1) is 10.3. The van der Waals surface area contributed by atoms with Crippen molar-refractivity contribution in [3.8, 4) is 5.75 Å². The third kappa shape index (κ3) is 4.23. The Morgan fingerprint density at radius 2 is 2.14 bits per heavy atom. The molecular formula is C17H24N2O3. The van der Waals surface area contributed by atoms with Gasteiger partial charge in [-0.05, 0) is 17.5 Å². The third-order valence-electron chi connectivity index (χ3n) is 3.55. The van der Waals surface area contributed by atoms with E-state index in [1.54, 1.807) is 12.0 Å². The van der Waals surface area contributed by atoms with Crippen molar-refractivity contribution in [1.29, 1.82) is 0 Å². The molecule has 2 rings (SSSR count). The van der Waals surface area contributed by atoms with E-state index in [1.807, 2.05) is 45.0 Å². The van der Waals surface area contributed by atoms with Crippen molar-refractivity contribution in [1.82, 2.24) is 5.32 Å². The zero-order chi connectivity index (χ0) is 16.3. The number of amides is 2. The molecule has 0 radical (unpaired) electrons. The molecule has 0 spiro atoms. The Morgan fingerprint density at radius 1 is 1.41 bits per heavy atom. The Balaban J connectivity index is 2.00. The molecule has 0 bridgehead atoms. The molecule has 5 heteroatoms. The average molecular weight is 304 g/mol. The Morgan fingerprint density at radius 3 is 2.77 bits per heavy atom. The monoisotopic (exact) mass is 304 g/mol. The smallest absolute Gasteiger partial charge is 0.229 e. The highest BCUT2D eigenvalue weighted by Gasteiger charge is 2.32. The predicted octanol–water partition coefficient (Wildman–Crippen LogP) is 2.35. The highest BCUT2D eigenvalue weighted by atomic mass is 16.5. The van der Waals surface area contributed by atoms with Crippen LogP contribution in [0.2, 0.25) is 0 Å². The van der Waals surface area contributed by atoms with Gasteiger partial charge in [0.25, 0.3) is 0 Å². The maximum absolute atomic E-state index is 12.2. The van der Waals surface area contributed by atoms with Crippen LogP contribution in [0.5, 0.6) is 5.75 Å². The minimum Gasteiger partial charge on any atom is -0.497 e. The fraction of sp³-hybridized carbons (Fsp3) is 0.529. The van der Waals surface area contributed by atoms with Gasteiger partial charge in [-0.2, -0.15) is 0 Å². The number of rotatable bonds is 4.